The highest BCUT2D eigenvalue weighted by Gasteiger charge is 2.09. The highest BCUT2D eigenvalue weighted by molar-refractivity contribution is 5.92. The molecule has 0 bridgehead atoms. The summed E-state index contributed by atoms with van der Waals surface area (Å²) in [6.45, 7) is 2.13. The van der Waals surface area contributed by atoms with Crippen LogP contribution in [-0.4, -0.2) is 25.1 Å². The van der Waals surface area contributed by atoms with Crippen molar-refractivity contribution in [2.45, 2.75) is 19.8 Å². The lowest BCUT2D eigenvalue weighted by Gasteiger charge is -2.10. The molecular formula is C23H25N3O3. The Bertz CT molecular complexity index is 954. The van der Waals surface area contributed by atoms with Gasteiger partial charge in [-0.15, -0.1) is 0 Å². The van der Waals surface area contributed by atoms with Crippen molar-refractivity contribution < 1.29 is 14.3 Å². The van der Waals surface area contributed by atoms with Crippen LogP contribution in [0.15, 0.2) is 60.8 Å². The molecule has 2 N–H and O–H groups in total. The summed E-state index contributed by atoms with van der Waals surface area (Å²) in [5, 5.41) is 6.11. The molecule has 0 saturated carbocycles. The zero-order valence-corrected chi connectivity index (χ0v) is 16.9. The first-order chi connectivity index (χ1) is 14.1. The van der Waals surface area contributed by atoms with Gasteiger partial charge in [-0.2, -0.15) is 0 Å². The van der Waals surface area contributed by atoms with Gasteiger partial charge >= 0.3 is 0 Å². The SMILES string of the molecule is CCc1ccc(Nc2ccc(NC(=O)Cc3ccc(OC)c(OC)c3)cn2)cc1. The fourth-order valence-corrected chi connectivity index (χ4v) is 2.89. The Morgan fingerprint density at radius 2 is 1.59 bits per heavy atom. The predicted octanol–water partition coefficient (Wildman–Crippen LogP) is 4.59. The van der Waals surface area contributed by atoms with Gasteiger partial charge in [0.2, 0.25) is 5.91 Å². The highest BCUT2D eigenvalue weighted by atomic mass is 16.5. The van der Waals surface area contributed by atoms with E-state index >= 15 is 0 Å². The van der Waals surface area contributed by atoms with Crippen LogP contribution in [-0.2, 0) is 17.6 Å². The van der Waals surface area contributed by atoms with Crippen LogP contribution in [0.1, 0.15) is 18.1 Å². The highest BCUT2D eigenvalue weighted by Crippen LogP contribution is 2.27. The van der Waals surface area contributed by atoms with E-state index in [0.717, 1.165) is 17.7 Å². The molecule has 6 heteroatoms. The van der Waals surface area contributed by atoms with E-state index in [1.54, 1.807) is 32.5 Å². The Morgan fingerprint density at radius 1 is 0.897 bits per heavy atom. The van der Waals surface area contributed by atoms with Crippen molar-refractivity contribution >= 4 is 23.1 Å². The second-order valence-corrected chi connectivity index (χ2v) is 6.52. The Labute approximate surface area is 170 Å². The van der Waals surface area contributed by atoms with E-state index in [4.69, 9.17) is 9.47 Å². The van der Waals surface area contributed by atoms with Crippen molar-refractivity contribution in [2.24, 2.45) is 0 Å². The maximum Gasteiger partial charge on any atom is 0.228 e. The number of amides is 1. The number of hydrogen-bond acceptors (Lipinski definition) is 5. The first kappa shape index (κ1) is 20.2. The van der Waals surface area contributed by atoms with Crippen LogP contribution in [0.3, 0.4) is 0 Å². The molecule has 0 aliphatic heterocycles. The number of pyridine rings is 1. The number of carbonyl (C=O) groups excluding carboxylic acids is 1. The number of anilines is 3. The number of rotatable bonds is 8. The van der Waals surface area contributed by atoms with Crippen LogP contribution in [0.25, 0.3) is 0 Å². The van der Waals surface area contributed by atoms with Crippen molar-refractivity contribution in [3.63, 3.8) is 0 Å². The van der Waals surface area contributed by atoms with E-state index in [1.165, 1.54) is 5.56 Å². The quantitative estimate of drug-likeness (QED) is 0.588. The first-order valence-electron chi connectivity index (χ1n) is 9.44. The van der Waals surface area contributed by atoms with Gasteiger partial charge in [-0.3, -0.25) is 4.79 Å². The van der Waals surface area contributed by atoms with E-state index < -0.39 is 0 Å². The lowest BCUT2D eigenvalue weighted by Crippen LogP contribution is -2.14. The Kier molecular flexibility index (Phi) is 6.68. The van der Waals surface area contributed by atoms with Gasteiger partial charge in [0.1, 0.15) is 5.82 Å². The molecule has 1 aromatic heterocycles. The molecule has 0 radical (unpaired) electrons. The number of ether oxygens (including phenoxy) is 2. The van der Waals surface area contributed by atoms with E-state index in [9.17, 15) is 4.79 Å². The summed E-state index contributed by atoms with van der Waals surface area (Å²) >= 11 is 0. The third kappa shape index (κ3) is 5.48. The molecule has 0 aliphatic rings. The maximum absolute atomic E-state index is 12.3. The minimum absolute atomic E-state index is 0.130. The van der Waals surface area contributed by atoms with Gasteiger partial charge < -0.3 is 20.1 Å². The van der Waals surface area contributed by atoms with Crippen LogP contribution in [0.4, 0.5) is 17.2 Å². The predicted molar refractivity (Wildman–Crippen MR) is 115 cm³/mol. The molecule has 0 atom stereocenters. The lowest BCUT2D eigenvalue weighted by atomic mass is 10.1. The molecule has 0 aliphatic carbocycles. The number of aryl methyl sites for hydroxylation is 1. The second-order valence-electron chi connectivity index (χ2n) is 6.52. The van der Waals surface area contributed by atoms with Gasteiger partial charge in [0, 0.05) is 5.69 Å². The number of nitrogens with zero attached hydrogens (tertiary/aromatic N) is 1. The number of nitrogens with one attached hydrogen (secondary N) is 2. The molecule has 3 aromatic rings. The summed E-state index contributed by atoms with van der Waals surface area (Å²) < 4.78 is 10.5. The normalized spacial score (nSPS) is 10.3. The summed E-state index contributed by atoms with van der Waals surface area (Å²) in [7, 11) is 3.15. The molecule has 0 saturated heterocycles. The van der Waals surface area contributed by atoms with Gasteiger partial charge in [-0.1, -0.05) is 25.1 Å². The molecule has 29 heavy (non-hydrogen) atoms. The van der Waals surface area contributed by atoms with Crippen molar-refractivity contribution in [1.29, 1.82) is 0 Å². The summed E-state index contributed by atoms with van der Waals surface area (Å²) in [6, 6.07) is 17.3. The molecule has 0 unspecified atom stereocenters. The molecule has 1 heterocycles. The molecule has 6 nitrogen and oxygen atoms in total. The lowest BCUT2D eigenvalue weighted by molar-refractivity contribution is -0.115. The summed E-state index contributed by atoms with van der Waals surface area (Å²) in [4.78, 5) is 16.7. The van der Waals surface area contributed by atoms with Crippen molar-refractivity contribution in [3.8, 4) is 11.5 Å². The minimum atomic E-state index is -0.130. The fraction of sp³-hybridized carbons (Fsp3) is 0.217. The smallest absolute Gasteiger partial charge is 0.228 e. The number of aromatic nitrogens is 1. The molecule has 2 aromatic carbocycles. The number of methoxy groups -OCH3 is 2. The number of carbonyl (C=O) groups is 1. The number of hydrogen-bond donors (Lipinski definition) is 2. The largest absolute Gasteiger partial charge is 0.493 e. The van der Waals surface area contributed by atoms with Crippen LogP contribution in [0.5, 0.6) is 11.5 Å². The average Bonchev–Trinajstić information content (AvgIpc) is 2.75. The minimum Gasteiger partial charge on any atom is -0.493 e. The molecule has 3 rings (SSSR count). The van der Waals surface area contributed by atoms with E-state index in [-0.39, 0.29) is 12.3 Å². The Balaban J connectivity index is 1.58. The van der Waals surface area contributed by atoms with Gasteiger partial charge in [0.05, 0.1) is 32.5 Å². The third-order valence-corrected chi connectivity index (χ3v) is 4.49. The van der Waals surface area contributed by atoms with Gasteiger partial charge in [0.15, 0.2) is 11.5 Å². The molecule has 150 valence electrons. The van der Waals surface area contributed by atoms with E-state index in [0.29, 0.717) is 23.0 Å². The van der Waals surface area contributed by atoms with Gasteiger partial charge in [0.25, 0.3) is 0 Å². The molecule has 0 fully saturated rings. The van der Waals surface area contributed by atoms with E-state index in [2.05, 4.69) is 34.7 Å². The summed E-state index contributed by atoms with van der Waals surface area (Å²) in [6.07, 6.45) is 2.87. The van der Waals surface area contributed by atoms with Crippen molar-refractivity contribution in [1.82, 2.24) is 4.98 Å². The Hall–Kier alpha value is -3.54. The standard InChI is InChI=1S/C23H25N3O3/c1-4-16-5-8-18(9-6-16)25-22-12-10-19(15-24-22)26-23(27)14-17-7-11-20(28-2)21(13-17)29-3/h5-13,15H,4,14H2,1-3H3,(H,24,25)(H,26,27). The topological polar surface area (TPSA) is 72.5 Å². The zero-order valence-electron chi connectivity index (χ0n) is 16.9. The van der Waals surface area contributed by atoms with Crippen LogP contribution >= 0.6 is 0 Å². The number of benzene rings is 2. The first-order valence-corrected chi connectivity index (χ1v) is 9.44. The third-order valence-electron chi connectivity index (χ3n) is 4.49. The van der Waals surface area contributed by atoms with Crippen LogP contribution in [0.2, 0.25) is 0 Å². The van der Waals surface area contributed by atoms with Crippen molar-refractivity contribution in [2.75, 3.05) is 24.9 Å². The average molecular weight is 391 g/mol. The second kappa shape index (κ2) is 9.59. The van der Waals surface area contributed by atoms with Gasteiger partial charge in [-0.25, -0.2) is 4.98 Å². The zero-order chi connectivity index (χ0) is 20.6. The molecule has 0 spiro atoms. The molecular weight excluding hydrogens is 366 g/mol. The van der Waals surface area contributed by atoms with E-state index in [1.807, 2.05) is 30.3 Å². The Morgan fingerprint density at radius 3 is 2.21 bits per heavy atom. The van der Waals surface area contributed by atoms with Gasteiger partial charge in [-0.05, 0) is 53.9 Å². The summed E-state index contributed by atoms with van der Waals surface area (Å²) in [5.74, 6) is 1.82. The van der Waals surface area contributed by atoms with Crippen LogP contribution < -0.4 is 20.1 Å². The summed E-state index contributed by atoms with van der Waals surface area (Å²) in [5.41, 5.74) is 3.74. The monoisotopic (exact) mass is 391 g/mol. The maximum atomic E-state index is 12.3. The fourth-order valence-electron chi connectivity index (χ4n) is 2.89. The van der Waals surface area contributed by atoms with Crippen LogP contribution in [0, 0.1) is 0 Å². The van der Waals surface area contributed by atoms with Crippen molar-refractivity contribution in [3.05, 3.63) is 71.9 Å². The molecule has 1 amide bonds.